The summed E-state index contributed by atoms with van der Waals surface area (Å²) in [6.07, 6.45) is 7.42. The fraction of sp³-hybridized carbons (Fsp3) is 0.538. The van der Waals surface area contributed by atoms with E-state index in [1.165, 1.54) is 19.3 Å². The minimum absolute atomic E-state index is 0.353. The second-order valence-electron chi connectivity index (χ2n) is 5.42. The van der Waals surface area contributed by atoms with E-state index in [1.54, 1.807) is 6.33 Å². The maximum absolute atomic E-state index is 4.49. The Morgan fingerprint density at radius 1 is 1.28 bits per heavy atom. The summed E-state index contributed by atoms with van der Waals surface area (Å²) in [7, 11) is 0. The number of hydrogen-bond acceptors (Lipinski definition) is 4. The predicted octanol–water partition coefficient (Wildman–Crippen LogP) is 1.29. The molecule has 2 fully saturated rings. The fourth-order valence-electron chi connectivity index (χ4n) is 3.25. The lowest BCUT2D eigenvalue weighted by molar-refractivity contribution is 0.174. The van der Waals surface area contributed by atoms with Gasteiger partial charge in [-0.2, -0.15) is 0 Å². The Morgan fingerprint density at radius 2 is 2.22 bits per heavy atom. The molecule has 4 heterocycles. The van der Waals surface area contributed by atoms with Gasteiger partial charge >= 0.3 is 0 Å². The number of rotatable bonds is 1. The number of aromatic nitrogens is 3. The summed E-state index contributed by atoms with van der Waals surface area (Å²) in [5, 5.41) is 4.74. The number of H-pyrrole nitrogens is 1. The molecule has 2 saturated heterocycles. The van der Waals surface area contributed by atoms with Gasteiger partial charge in [-0.25, -0.2) is 9.97 Å². The van der Waals surface area contributed by atoms with Gasteiger partial charge < -0.3 is 15.2 Å². The standard InChI is InChI=1S/C13H17N5/c1-3-13(4-6-17-13)8-18(7-1)12-10-2-5-14-11(10)15-9-16-12/h2,5,9,17H,1,3-4,6-8H2,(H,14,15,16)/t13-/m0/s1. The van der Waals surface area contributed by atoms with Crippen molar-refractivity contribution in [3.63, 3.8) is 0 Å². The molecule has 0 aromatic carbocycles. The zero-order valence-corrected chi connectivity index (χ0v) is 10.3. The molecule has 0 radical (unpaired) electrons. The van der Waals surface area contributed by atoms with E-state index in [0.29, 0.717) is 5.54 Å². The number of hydrogen-bond donors (Lipinski definition) is 2. The van der Waals surface area contributed by atoms with Crippen LogP contribution in [0.2, 0.25) is 0 Å². The van der Waals surface area contributed by atoms with Gasteiger partial charge in [0.15, 0.2) is 0 Å². The third-order valence-electron chi connectivity index (χ3n) is 4.31. The van der Waals surface area contributed by atoms with Crippen LogP contribution in [-0.2, 0) is 0 Å². The zero-order valence-electron chi connectivity index (χ0n) is 10.3. The van der Waals surface area contributed by atoms with Gasteiger partial charge in [0.25, 0.3) is 0 Å². The van der Waals surface area contributed by atoms with Gasteiger partial charge in [-0.15, -0.1) is 0 Å². The quantitative estimate of drug-likeness (QED) is 0.792. The molecule has 0 amide bonds. The van der Waals surface area contributed by atoms with Gasteiger partial charge in [0.1, 0.15) is 17.8 Å². The van der Waals surface area contributed by atoms with Crippen molar-refractivity contribution < 1.29 is 0 Å². The highest BCUT2D eigenvalue weighted by Crippen LogP contribution is 2.33. The Morgan fingerprint density at radius 3 is 3.06 bits per heavy atom. The summed E-state index contributed by atoms with van der Waals surface area (Å²) in [6.45, 7) is 3.34. The Kier molecular flexibility index (Phi) is 2.11. The van der Waals surface area contributed by atoms with E-state index in [0.717, 1.165) is 36.5 Å². The van der Waals surface area contributed by atoms with Crippen molar-refractivity contribution in [2.24, 2.45) is 0 Å². The molecule has 94 valence electrons. The summed E-state index contributed by atoms with van der Waals surface area (Å²) in [5.74, 6) is 1.08. The van der Waals surface area contributed by atoms with Gasteiger partial charge in [0.2, 0.25) is 0 Å². The summed E-state index contributed by atoms with van der Waals surface area (Å²) in [4.78, 5) is 14.3. The SMILES string of the molecule is c1nc(N2CCC[C@]3(CCN3)C2)c2cc[nH]c2n1. The molecular formula is C13H17N5. The van der Waals surface area contributed by atoms with Crippen LogP contribution >= 0.6 is 0 Å². The highest BCUT2D eigenvalue weighted by Gasteiger charge is 2.40. The highest BCUT2D eigenvalue weighted by molar-refractivity contribution is 5.87. The Balaban J connectivity index is 1.71. The first-order valence-electron chi connectivity index (χ1n) is 6.64. The molecule has 0 unspecified atom stereocenters. The number of anilines is 1. The summed E-state index contributed by atoms with van der Waals surface area (Å²) >= 11 is 0. The molecule has 18 heavy (non-hydrogen) atoms. The molecule has 0 bridgehead atoms. The van der Waals surface area contributed by atoms with E-state index >= 15 is 0 Å². The minimum atomic E-state index is 0.353. The van der Waals surface area contributed by atoms with Gasteiger partial charge in [-0.3, -0.25) is 0 Å². The van der Waals surface area contributed by atoms with Crippen LogP contribution in [0.5, 0.6) is 0 Å². The average Bonchev–Trinajstić information content (AvgIpc) is 2.85. The van der Waals surface area contributed by atoms with Crippen LogP contribution in [0.4, 0.5) is 5.82 Å². The lowest BCUT2D eigenvalue weighted by Crippen LogP contribution is -2.65. The molecule has 4 rings (SSSR count). The molecule has 2 aromatic rings. The van der Waals surface area contributed by atoms with Crippen LogP contribution in [0.15, 0.2) is 18.6 Å². The van der Waals surface area contributed by atoms with E-state index in [2.05, 4.69) is 31.2 Å². The Hall–Kier alpha value is -1.62. The number of fused-ring (bicyclic) bond motifs is 1. The van der Waals surface area contributed by atoms with E-state index in [9.17, 15) is 0 Å². The van der Waals surface area contributed by atoms with Crippen molar-refractivity contribution >= 4 is 16.9 Å². The van der Waals surface area contributed by atoms with Crippen LogP contribution in [0.1, 0.15) is 19.3 Å². The van der Waals surface area contributed by atoms with Gasteiger partial charge in [0.05, 0.1) is 5.39 Å². The van der Waals surface area contributed by atoms with Crippen LogP contribution in [-0.4, -0.2) is 40.1 Å². The fourth-order valence-corrected chi connectivity index (χ4v) is 3.25. The smallest absolute Gasteiger partial charge is 0.142 e. The third kappa shape index (κ3) is 1.43. The van der Waals surface area contributed by atoms with Gasteiger partial charge in [0, 0.05) is 24.8 Å². The predicted molar refractivity (Wildman–Crippen MR) is 70.7 cm³/mol. The van der Waals surface area contributed by atoms with E-state index in [4.69, 9.17) is 0 Å². The van der Waals surface area contributed by atoms with E-state index < -0.39 is 0 Å². The maximum Gasteiger partial charge on any atom is 0.142 e. The van der Waals surface area contributed by atoms with Crippen molar-refractivity contribution in [3.05, 3.63) is 18.6 Å². The van der Waals surface area contributed by atoms with Crippen molar-refractivity contribution in [3.8, 4) is 0 Å². The number of nitrogens with one attached hydrogen (secondary N) is 2. The van der Waals surface area contributed by atoms with E-state index in [-0.39, 0.29) is 0 Å². The summed E-state index contributed by atoms with van der Waals surface area (Å²) in [5.41, 5.74) is 1.28. The summed E-state index contributed by atoms with van der Waals surface area (Å²) < 4.78 is 0. The van der Waals surface area contributed by atoms with Crippen LogP contribution in [0.25, 0.3) is 11.0 Å². The number of aromatic amines is 1. The topological polar surface area (TPSA) is 56.8 Å². The van der Waals surface area contributed by atoms with Gasteiger partial charge in [-0.1, -0.05) is 0 Å². The van der Waals surface area contributed by atoms with Crippen molar-refractivity contribution in [2.45, 2.75) is 24.8 Å². The highest BCUT2D eigenvalue weighted by atomic mass is 15.3. The summed E-state index contributed by atoms with van der Waals surface area (Å²) in [6, 6.07) is 2.07. The van der Waals surface area contributed by atoms with Crippen molar-refractivity contribution in [1.29, 1.82) is 0 Å². The molecule has 5 nitrogen and oxygen atoms in total. The maximum atomic E-state index is 4.49. The minimum Gasteiger partial charge on any atom is -0.354 e. The largest absolute Gasteiger partial charge is 0.354 e. The van der Waals surface area contributed by atoms with Crippen molar-refractivity contribution in [1.82, 2.24) is 20.3 Å². The molecule has 1 atom stereocenters. The Labute approximate surface area is 106 Å². The van der Waals surface area contributed by atoms with E-state index in [1.807, 2.05) is 6.20 Å². The molecule has 2 aromatic heterocycles. The lowest BCUT2D eigenvalue weighted by atomic mass is 9.80. The molecule has 0 saturated carbocycles. The third-order valence-corrected chi connectivity index (χ3v) is 4.31. The Bertz CT molecular complexity index is 572. The second kappa shape index (κ2) is 3.68. The molecule has 0 aliphatic carbocycles. The zero-order chi connectivity index (χ0) is 12.0. The first kappa shape index (κ1) is 10.3. The lowest BCUT2D eigenvalue weighted by Gasteiger charge is -2.50. The van der Waals surface area contributed by atoms with Crippen LogP contribution < -0.4 is 10.2 Å². The number of nitrogens with zero attached hydrogens (tertiary/aromatic N) is 3. The van der Waals surface area contributed by atoms with Gasteiger partial charge in [-0.05, 0) is 31.9 Å². The molecular weight excluding hydrogens is 226 g/mol. The van der Waals surface area contributed by atoms with Crippen molar-refractivity contribution in [2.75, 3.05) is 24.5 Å². The average molecular weight is 243 g/mol. The van der Waals surface area contributed by atoms with Crippen LogP contribution in [0.3, 0.4) is 0 Å². The van der Waals surface area contributed by atoms with Crippen LogP contribution in [0, 0.1) is 0 Å². The molecule has 2 aliphatic rings. The molecule has 5 heteroatoms. The first-order valence-corrected chi connectivity index (χ1v) is 6.64. The first-order chi connectivity index (χ1) is 8.86. The molecule has 1 spiro atoms. The molecule has 2 aliphatic heterocycles. The monoisotopic (exact) mass is 243 g/mol. The normalized spacial score (nSPS) is 27.7. The second-order valence-corrected chi connectivity index (χ2v) is 5.42. The molecule has 2 N–H and O–H groups in total. The number of piperidine rings is 1.